The summed E-state index contributed by atoms with van der Waals surface area (Å²) >= 11 is 0. The third-order valence-corrected chi connectivity index (χ3v) is 3.38. The fourth-order valence-corrected chi connectivity index (χ4v) is 2.30. The van der Waals surface area contributed by atoms with Gasteiger partial charge in [-0.3, -0.25) is 4.79 Å². The summed E-state index contributed by atoms with van der Waals surface area (Å²) in [6.45, 7) is 5.11. The minimum atomic E-state index is -0.250. The normalized spacial score (nSPS) is 26.7. The fraction of sp³-hybridized carbons (Fsp3) is 0.917. The van der Waals surface area contributed by atoms with E-state index in [1.165, 1.54) is 6.42 Å². The van der Waals surface area contributed by atoms with Crippen molar-refractivity contribution < 1.29 is 14.6 Å². The summed E-state index contributed by atoms with van der Waals surface area (Å²) in [5.41, 5.74) is 0. The van der Waals surface area contributed by atoms with Crippen LogP contribution in [0, 0.1) is 11.8 Å². The zero-order valence-corrected chi connectivity index (χ0v) is 10.2. The quantitative estimate of drug-likeness (QED) is 0.665. The average molecular weight is 229 g/mol. The van der Waals surface area contributed by atoms with Gasteiger partial charge in [0.1, 0.15) is 6.04 Å². The van der Waals surface area contributed by atoms with Crippen molar-refractivity contribution in [3.05, 3.63) is 0 Å². The monoisotopic (exact) mass is 229 g/mol. The van der Waals surface area contributed by atoms with Gasteiger partial charge in [0.25, 0.3) is 0 Å². The van der Waals surface area contributed by atoms with Crippen molar-refractivity contribution in [2.45, 2.75) is 39.2 Å². The molecule has 0 amide bonds. The molecule has 0 bridgehead atoms. The van der Waals surface area contributed by atoms with Gasteiger partial charge in [-0.05, 0) is 45.1 Å². The number of esters is 1. The SMILES string of the molecule is CCOC(=O)[C@H](C)NC[C@H]1CCCC1CO. The Labute approximate surface area is 97.4 Å². The van der Waals surface area contributed by atoms with Crippen molar-refractivity contribution in [3.63, 3.8) is 0 Å². The molecule has 0 spiro atoms. The molecule has 4 heteroatoms. The number of aliphatic hydroxyl groups excluding tert-OH is 1. The second-order valence-electron chi connectivity index (χ2n) is 4.52. The van der Waals surface area contributed by atoms with E-state index in [9.17, 15) is 9.90 Å². The standard InChI is InChI=1S/C12H23NO3/c1-3-16-12(15)9(2)13-7-10-5-4-6-11(10)8-14/h9-11,13-14H,3-8H2,1-2H3/t9-,10+,11?/m0/s1. The van der Waals surface area contributed by atoms with Crippen LogP contribution in [0.15, 0.2) is 0 Å². The maximum Gasteiger partial charge on any atom is 0.322 e. The van der Waals surface area contributed by atoms with Gasteiger partial charge in [0, 0.05) is 6.61 Å². The molecule has 0 aliphatic heterocycles. The van der Waals surface area contributed by atoms with E-state index in [2.05, 4.69) is 5.32 Å². The van der Waals surface area contributed by atoms with Crippen molar-refractivity contribution in [2.24, 2.45) is 11.8 Å². The van der Waals surface area contributed by atoms with Gasteiger partial charge in [0.05, 0.1) is 6.61 Å². The van der Waals surface area contributed by atoms with Gasteiger partial charge in [-0.25, -0.2) is 0 Å². The highest BCUT2D eigenvalue weighted by Gasteiger charge is 2.27. The van der Waals surface area contributed by atoms with Gasteiger partial charge in [0.15, 0.2) is 0 Å². The minimum absolute atomic E-state index is 0.193. The first-order chi connectivity index (χ1) is 7.69. The van der Waals surface area contributed by atoms with Crippen molar-refractivity contribution in [2.75, 3.05) is 19.8 Å². The van der Waals surface area contributed by atoms with Gasteiger partial charge in [-0.15, -0.1) is 0 Å². The molecular weight excluding hydrogens is 206 g/mol. The van der Waals surface area contributed by atoms with Crippen LogP contribution in [-0.4, -0.2) is 36.9 Å². The number of ether oxygens (including phenoxy) is 1. The van der Waals surface area contributed by atoms with Gasteiger partial charge in [-0.2, -0.15) is 0 Å². The Hall–Kier alpha value is -0.610. The Morgan fingerprint density at radius 3 is 2.81 bits per heavy atom. The predicted molar refractivity (Wildman–Crippen MR) is 62.0 cm³/mol. The molecule has 1 aliphatic rings. The second-order valence-corrected chi connectivity index (χ2v) is 4.52. The number of rotatable bonds is 6. The molecule has 0 aromatic carbocycles. The molecule has 0 heterocycles. The Balaban J connectivity index is 2.25. The number of carbonyl (C=O) groups is 1. The maximum absolute atomic E-state index is 11.4. The molecule has 1 aliphatic carbocycles. The van der Waals surface area contributed by atoms with Crippen LogP contribution in [0.3, 0.4) is 0 Å². The van der Waals surface area contributed by atoms with E-state index in [-0.39, 0.29) is 18.6 Å². The topological polar surface area (TPSA) is 58.6 Å². The minimum Gasteiger partial charge on any atom is -0.465 e. The molecule has 2 N–H and O–H groups in total. The highest BCUT2D eigenvalue weighted by atomic mass is 16.5. The number of aliphatic hydroxyl groups is 1. The maximum atomic E-state index is 11.4. The van der Waals surface area contributed by atoms with E-state index in [0.29, 0.717) is 18.4 Å². The molecule has 1 fully saturated rings. The Morgan fingerprint density at radius 1 is 1.50 bits per heavy atom. The van der Waals surface area contributed by atoms with E-state index in [1.807, 2.05) is 13.8 Å². The van der Waals surface area contributed by atoms with Gasteiger partial charge < -0.3 is 15.2 Å². The van der Waals surface area contributed by atoms with Crippen LogP contribution in [0.4, 0.5) is 0 Å². The summed E-state index contributed by atoms with van der Waals surface area (Å²) < 4.78 is 4.92. The lowest BCUT2D eigenvalue weighted by Gasteiger charge is -2.20. The molecule has 16 heavy (non-hydrogen) atoms. The number of hydrogen-bond donors (Lipinski definition) is 2. The first-order valence-corrected chi connectivity index (χ1v) is 6.19. The molecule has 1 saturated carbocycles. The Morgan fingerprint density at radius 2 is 2.19 bits per heavy atom. The molecule has 0 aromatic rings. The molecule has 1 unspecified atom stereocenters. The first kappa shape index (κ1) is 13.5. The first-order valence-electron chi connectivity index (χ1n) is 6.19. The number of carbonyl (C=O) groups excluding carboxylic acids is 1. The molecule has 4 nitrogen and oxygen atoms in total. The molecule has 0 radical (unpaired) electrons. The van der Waals surface area contributed by atoms with Crippen molar-refractivity contribution in [3.8, 4) is 0 Å². The van der Waals surface area contributed by atoms with Crippen molar-refractivity contribution in [1.29, 1.82) is 0 Å². The fourth-order valence-electron chi connectivity index (χ4n) is 2.30. The van der Waals surface area contributed by atoms with Crippen LogP contribution in [-0.2, 0) is 9.53 Å². The lowest BCUT2D eigenvalue weighted by Crippen LogP contribution is -2.39. The third-order valence-electron chi connectivity index (χ3n) is 3.38. The molecule has 0 aromatic heterocycles. The van der Waals surface area contributed by atoms with E-state index >= 15 is 0 Å². The van der Waals surface area contributed by atoms with E-state index < -0.39 is 0 Å². The molecule has 3 atom stereocenters. The summed E-state index contributed by atoms with van der Waals surface area (Å²) in [6.07, 6.45) is 3.44. The zero-order valence-electron chi connectivity index (χ0n) is 10.2. The van der Waals surface area contributed by atoms with Gasteiger partial charge in [-0.1, -0.05) is 6.42 Å². The Kier molecular flexibility index (Phi) is 5.77. The summed E-state index contributed by atoms with van der Waals surface area (Å²) in [6, 6.07) is -0.250. The van der Waals surface area contributed by atoms with Crippen LogP contribution in [0.1, 0.15) is 33.1 Å². The summed E-state index contributed by atoms with van der Waals surface area (Å²) in [7, 11) is 0. The lowest BCUT2D eigenvalue weighted by molar-refractivity contribution is -0.145. The van der Waals surface area contributed by atoms with Crippen LogP contribution in [0.5, 0.6) is 0 Å². The largest absolute Gasteiger partial charge is 0.465 e. The van der Waals surface area contributed by atoms with Crippen molar-refractivity contribution >= 4 is 5.97 Å². The summed E-state index contributed by atoms with van der Waals surface area (Å²) in [4.78, 5) is 11.4. The number of nitrogens with one attached hydrogen (secondary N) is 1. The zero-order chi connectivity index (χ0) is 12.0. The molecule has 0 saturated heterocycles. The molecule has 94 valence electrons. The van der Waals surface area contributed by atoms with Gasteiger partial charge >= 0.3 is 5.97 Å². The van der Waals surface area contributed by atoms with Gasteiger partial charge in [0.2, 0.25) is 0 Å². The van der Waals surface area contributed by atoms with Crippen LogP contribution in [0.25, 0.3) is 0 Å². The van der Waals surface area contributed by atoms with E-state index in [0.717, 1.165) is 19.4 Å². The van der Waals surface area contributed by atoms with Crippen LogP contribution >= 0.6 is 0 Å². The van der Waals surface area contributed by atoms with Crippen molar-refractivity contribution in [1.82, 2.24) is 5.32 Å². The van der Waals surface area contributed by atoms with E-state index in [4.69, 9.17) is 4.74 Å². The smallest absolute Gasteiger partial charge is 0.322 e. The predicted octanol–water partition coefficient (Wildman–Crippen LogP) is 0.936. The highest BCUT2D eigenvalue weighted by molar-refractivity contribution is 5.75. The summed E-state index contributed by atoms with van der Waals surface area (Å²) in [5, 5.41) is 12.4. The average Bonchev–Trinajstić information content (AvgIpc) is 2.73. The third kappa shape index (κ3) is 3.76. The van der Waals surface area contributed by atoms with E-state index in [1.54, 1.807) is 0 Å². The lowest BCUT2D eigenvalue weighted by atomic mass is 9.97. The van der Waals surface area contributed by atoms with Crippen LogP contribution in [0.2, 0.25) is 0 Å². The highest BCUT2D eigenvalue weighted by Crippen LogP contribution is 2.30. The summed E-state index contributed by atoms with van der Waals surface area (Å²) in [5.74, 6) is 0.713. The molecule has 1 rings (SSSR count). The molecular formula is C12H23NO3. The second kappa shape index (κ2) is 6.86. The van der Waals surface area contributed by atoms with Crippen LogP contribution < -0.4 is 5.32 Å². The Bertz CT molecular complexity index is 220. The number of hydrogen-bond acceptors (Lipinski definition) is 4.